The molecule has 0 spiro atoms. The maximum absolute atomic E-state index is 13.1. The Morgan fingerprint density at radius 3 is 2.78 bits per heavy atom. The number of benzene rings is 1. The van der Waals surface area contributed by atoms with Crippen LogP contribution in [0.3, 0.4) is 0 Å². The van der Waals surface area contributed by atoms with E-state index < -0.39 is 38.6 Å². The highest BCUT2D eigenvalue weighted by Gasteiger charge is 2.25. The highest BCUT2D eigenvalue weighted by atomic mass is 32.2. The van der Waals surface area contributed by atoms with Crippen LogP contribution >= 0.6 is 0 Å². The molecular formula is C14H17F2NO5S. The predicted molar refractivity (Wildman–Crippen MR) is 76.1 cm³/mol. The zero-order valence-corrected chi connectivity index (χ0v) is 13.2. The fourth-order valence-corrected chi connectivity index (χ4v) is 3.08. The number of carbonyl (C=O) groups excluding carboxylic acids is 1. The maximum atomic E-state index is 13.1. The van der Waals surface area contributed by atoms with Gasteiger partial charge in [0.05, 0.1) is 17.6 Å². The van der Waals surface area contributed by atoms with Crippen molar-refractivity contribution in [3.63, 3.8) is 0 Å². The largest absolute Gasteiger partial charge is 0.376 e. The molecule has 128 valence electrons. The molecule has 1 fully saturated rings. The van der Waals surface area contributed by atoms with Crippen LogP contribution in [0.1, 0.15) is 19.8 Å². The van der Waals surface area contributed by atoms with E-state index in [0.29, 0.717) is 18.7 Å². The average Bonchev–Trinajstić information content (AvgIpc) is 3.00. The van der Waals surface area contributed by atoms with Gasteiger partial charge in [0.25, 0.3) is 15.9 Å². The molecule has 1 aliphatic rings. The summed E-state index contributed by atoms with van der Waals surface area (Å²) in [6, 6.07) is 2.04. The fourth-order valence-electron chi connectivity index (χ4n) is 2.02. The van der Waals surface area contributed by atoms with Crippen LogP contribution in [-0.4, -0.2) is 39.7 Å². The normalized spacial score (nSPS) is 19.5. The molecular weight excluding hydrogens is 332 g/mol. The molecule has 1 N–H and O–H groups in total. The second-order valence-corrected chi connectivity index (χ2v) is 6.84. The number of halogens is 2. The van der Waals surface area contributed by atoms with Crippen LogP contribution in [0.5, 0.6) is 0 Å². The van der Waals surface area contributed by atoms with Crippen molar-refractivity contribution >= 4 is 15.9 Å². The van der Waals surface area contributed by atoms with Crippen molar-refractivity contribution < 1.29 is 31.5 Å². The van der Waals surface area contributed by atoms with Gasteiger partial charge in [-0.1, -0.05) is 0 Å². The fraction of sp³-hybridized carbons (Fsp3) is 0.500. The van der Waals surface area contributed by atoms with Crippen LogP contribution in [-0.2, 0) is 24.3 Å². The molecule has 0 aliphatic carbocycles. The summed E-state index contributed by atoms with van der Waals surface area (Å²) in [6.07, 6.45) is 0.605. The van der Waals surface area contributed by atoms with Crippen LogP contribution in [0, 0.1) is 11.6 Å². The first-order valence-corrected chi connectivity index (χ1v) is 8.53. The molecule has 23 heavy (non-hydrogen) atoms. The first-order chi connectivity index (χ1) is 10.8. The van der Waals surface area contributed by atoms with Gasteiger partial charge in [-0.15, -0.1) is 0 Å². The second-order valence-electron chi connectivity index (χ2n) is 5.16. The zero-order valence-electron chi connectivity index (χ0n) is 12.4. The van der Waals surface area contributed by atoms with Crippen LogP contribution in [0.4, 0.5) is 8.78 Å². The van der Waals surface area contributed by atoms with E-state index >= 15 is 0 Å². The van der Waals surface area contributed by atoms with Gasteiger partial charge in [0.15, 0.2) is 11.6 Å². The molecule has 6 nitrogen and oxygen atoms in total. The minimum Gasteiger partial charge on any atom is -0.376 e. The number of amides is 1. The summed E-state index contributed by atoms with van der Waals surface area (Å²) >= 11 is 0. The quantitative estimate of drug-likeness (QED) is 0.838. The van der Waals surface area contributed by atoms with Gasteiger partial charge in [-0.05, 0) is 38.0 Å². The summed E-state index contributed by atoms with van der Waals surface area (Å²) < 4.78 is 62.3. The lowest BCUT2D eigenvalue weighted by molar-refractivity contribution is -0.131. The monoisotopic (exact) mass is 349 g/mol. The molecule has 0 saturated carbocycles. The topological polar surface area (TPSA) is 81.7 Å². The Balaban J connectivity index is 1.95. The molecule has 9 heteroatoms. The Morgan fingerprint density at radius 1 is 1.43 bits per heavy atom. The smallest absolute Gasteiger partial charge is 0.264 e. The predicted octanol–water partition coefficient (Wildman–Crippen LogP) is 1.35. The summed E-state index contributed by atoms with van der Waals surface area (Å²) in [7, 11) is -4.30. The van der Waals surface area contributed by atoms with Crippen molar-refractivity contribution in [3.8, 4) is 0 Å². The SMILES string of the molecule is C[C@@H](OC[C@H]1CCCO1)C(=O)NS(=O)(=O)c1ccc(F)c(F)c1. The Hall–Kier alpha value is -1.58. The minimum atomic E-state index is -4.30. The third kappa shape index (κ3) is 4.69. The van der Waals surface area contributed by atoms with E-state index in [4.69, 9.17) is 9.47 Å². The lowest BCUT2D eigenvalue weighted by Gasteiger charge is -2.16. The molecule has 0 unspecified atom stereocenters. The van der Waals surface area contributed by atoms with Gasteiger partial charge >= 0.3 is 0 Å². The van der Waals surface area contributed by atoms with Gasteiger partial charge < -0.3 is 9.47 Å². The molecule has 1 aromatic carbocycles. The van der Waals surface area contributed by atoms with E-state index in [-0.39, 0.29) is 12.7 Å². The van der Waals surface area contributed by atoms with E-state index in [1.54, 1.807) is 4.72 Å². The second kappa shape index (κ2) is 7.33. The minimum absolute atomic E-state index is 0.104. The van der Waals surface area contributed by atoms with Gasteiger partial charge in [-0.3, -0.25) is 4.79 Å². The van der Waals surface area contributed by atoms with E-state index in [0.717, 1.165) is 18.9 Å². The van der Waals surface area contributed by atoms with Gasteiger partial charge in [-0.2, -0.15) is 0 Å². The number of hydrogen-bond acceptors (Lipinski definition) is 5. The van der Waals surface area contributed by atoms with Gasteiger partial charge in [0, 0.05) is 6.61 Å². The number of sulfonamides is 1. The third-order valence-corrected chi connectivity index (χ3v) is 4.71. The molecule has 1 saturated heterocycles. The highest BCUT2D eigenvalue weighted by Crippen LogP contribution is 2.15. The van der Waals surface area contributed by atoms with Gasteiger partial charge in [0.2, 0.25) is 0 Å². The summed E-state index contributed by atoms with van der Waals surface area (Å²) in [6.45, 7) is 2.21. The number of carbonyl (C=O) groups is 1. The third-order valence-electron chi connectivity index (χ3n) is 3.36. The van der Waals surface area contributed by atoms with Crippen molar-refractivity contribution in [1.82, 2.24) is 4.72 Å². The molecule has 1 heterocycles. The highest BCUT2D eigenvalue weighted by molar-refractivity contribution is 7.90. The molecule has 2 atom stereocenters. The Labute approximate surface area is 132 Å². The Kier molecular flexibility index (Phi) is 5.66. The van der Waals surface area contributed by atoms with Crippen LogP contribution < -0.4 is 4.72 Å². The Morgan fingerprint density at radius 2 is 2.17 bits per heavy atom. The number of rotatable bonds is 6. The molecule has 0 radical (unpaired) electrons. The number of hydrogen-bond donors (Lipinski definition) is 1. The summed E-state index contributed by atoms with van der Waals surface area (Å²) in [5.74, 6) is -3.39. The standard InChI is InChI=1S/C14H17F2NO5S/c1-9(22-8-10-3-2-6-21-10)14(18)17-23(19,20)11-4-5-12(15)13(16)7-11/h4-5,7,9-10H,2-3,6,8H2,1H3,(H,17,18)/t9-,10-/m1/s1. The number of ether oxygens (including phenoxy) is 2. The molecule has 1 aliphatic heterocycles. The lowest BCUT2D eigenvalue weighted by Crippen LogP contribution is -2.39. The maximum Gasteiger partial charge on any atom is 0.264 e. The van der Waals surface area contributed by atoms with Crippen LogP contribution in [0.2, 0.25) is 0 Å². The molecule has 0 bridgehead atoms. The van der Waals surface area contributed by atoms with E-state index in [9.17, 15) is 22.0 Å². The molecule has 2 rings (SSSR count). The van der Waals surface area contributed by atoms with Gasteiger partial charge in [-0.25, -0.2) is 21.9 Å². The molecule has 0 aromatic heterocycles. The molecule has 1 aromatic rings. The van der Waals surface area contributed by atoms with Crippen molar-refractivity contribution in [2.45, 2.75) is 36.9 Å². The Bertz CT molecular complexity index is 674. The van der Waals surface area contributed by atoms with Crippen LogP contribution in [0.25, 0.3) is 0 Å². The van der Waals surface area contributed by atoms with Crippen molar-refractivity contribution in [2.24, 2.45) is 0 Å². The van der Waals surface area contributed by atoms with E-state index in [1.165, 1.54) is 6.92 Å². The average molecular weight is 349 g/mol. The van der Waals surface area contributed by atoms with Crippen LogP contribution in [0.15, 0.2) is 23.1 Å². The first kappa shape index (κ1) is 17.8. The summed E-state index contributed by atoms with van der Waals surface area (Å²) in [5.41, 5.74) is 0. The first-order valence-electron chi connectivity index (χ1n) is 7.04. The van der Waals surface area contributed by atoms with Gasteiger partial charge in [0.1, 0.15) is 6.10 Å². The van der Waals surface area contributed by atoms with Crippen molar-refractivity contribution in [2.75, 3.05) is 13.2 Å². The lowest BCUT2D eigenvalue weighted by atomic mass is 10.2. The summed E-state index contributed by atoms with van der Waals surface area (Å²) in [4.78, 5) is 11.3. The van der Waals surface area contributed by atoms with Crippen molar-refractivity contribution in [3.05, 3.63) is 29.8 Å². The molecule has 1 amide bonds. The summed E-state index contributed by atoms with van der Waals surface area (Å²) in [5, 5.41) is 0. The zero-order chi connectivity index (χ0) is 17.0. The van der Waals surface area contributed by atoms with E-state index in [2.05, 4.69) is 0 Å². The van der Waals surface area contributed by atoms with E-state index in [1.807, 2.05) is 0 Å². The van der Waals surface area contributed by atoms with Crippen molar-refractivity contribution in [1.29, 1.82) is 0 Å². The number of nitrogens with one attached hydrogen (secondary N) is 1.